The Hall–Kier alpha value is -2.22. The minimum absolute atomic E-state index is 0.0965. The van der Waals surface area contributed by atoms with Crippen LogP contribution >= 0.6 is 0 Å². The Morgan fingerprint density at radius 2 is 1.91 bits per heavy atom. The van der Waals surface area contributed by atoms with Gasteiger partial charge in [0.25, 0.3) is 5.91 Å². The molecule has 1 N–H and O–H groups in total. The first-order valence-electron chi connectivity index (χ1n) is 7.85. The van der Waals surface area contributed by atoms with Crippen LogP contribution in [0.1, 0.15) is 23.3 Å². The number of aromatic nitrogens is 2. The summed E-state index contributed by atoms with van der Waals surface area (Å²) in [7, 11) is 1.80. The molecule has 1 unspecified atom stereocenters. The summed E-state index contributed by atoms with van der Waals surface area (Å²) >= 11 is 0. The Labute approximate surface area is 134 Å². The van der Waals surface area contributed by atoms with E-state index in [9.17, 15) is 14.7 Å². The van der Waals surface area contributed by atoms with Gasteiger partial charge in [-0.05, 0) is 19.9 Å². The number of amides is 1. The van der Waals surface area contributed by atoms with Crippen molar-refractivity contribution in [3.8, 4) is 0 Å². The highest BCUT2D eigenvalue weighted by molar-refractivity contribution is 5.92. The second-order valence-electron chi connectivity index (χ2n) is 6.04. The number of likely N-dealkylation sites (N-methyl/N-ethyl adjacent to an activating group) is 1. The molecule has 8 heteroatoms. The lowest BCUT2D eigenvalue weighted by Gasteiger charge is -2.37. The molecular weight excluding hydrogens is 298 g/mol. The molecule has 0 bridgehead atoms. The molecule has 2 aliphatic rings. The van der Waals surface area contributed by atoms with Crippen molar-refractivity contribution in [1.82, 2.24) is 19.8 Å². The molecule has 3 rings (SSSR count). The van der Waals surface area contributed by atoms with Crippen molar-refractivity contribution in [2.75, 3.05) is 44.7 Å². The van der Waals surface area contributed by atoms with Crippen LogP contribution in [0.5, 0.6) is 0 Å². The number of piperazine rings is 1. The molecule has 0 radical (unpaired) electrons. The van der Waals surface area contributed by atoms with Crippen LogP contribution in [-0.2, 0) is 4.79 Å². The van der Waals surface area contributed by atoms with Gasteiger partial charge in [0.05, 0.1) is 12.4 Å². The van der Waals surface area contributed by atoms with Gasteiger partial charge in [-0.25, -0.2) is 4.98 Å². The molecule has 8 nitrogen and oxygen atoms in total. The molecule has 1 aromatic rings. The predicted octanol–water partition coefficient (Wildman–Crippen LogP) is -0.0824. The summed E-state index contributed by atoms with van der Waals surface area (Å²) in [6.07, 6.45) is 5.12. The number of rotatable bonds is 3. The van der Waals surface area contributed by atoms with Crippen LogP contribution in [0, 0.1) is 0 Å². The van der Waals surface area contributed by atoms with Gasteiger partial charge < -0.3 is 14.9 Å². The summed E-state index contributed by atoms with van der Waals surface area (Å²) in [6.45, 7) is 3.15. The SMILES string of the molecule is CN1CCN(c2cncc(C(=O)N3CCCC3)n2)CC1C(=O)O. The van der Waals surface area contributed by atoms with E-state index in [1.807, 2.05) is 9.80 Å². The highest BCUT2D eigenvalue weighted by atomic mass is 16.4. The Morgan fingerprint density at radius 3 is 2.61 bits per heavy atom. The van der Waals surface area contributed by atoms with E-state index in [0.717, 1.165) is 25.9 Å². The van der Waals surface area contributed by atoms with Crippen LogP contribution in [0.15, 0.2) is 12.4 Å². The second kappa shape index (κ2) is 6.49. The van der Waals surface area contributed by atoms with Gasteiger partial charge in [0, 0.05) is 32.7 Å². The maximum Gasteiger partial charge on any atom is 0.322 e. The zero-order valence-electron chi connectivity index (χ0n) is 13.2. The molecule has 23 heavy (non-hydrogen) atoms. The van der Waals surface area contributed by atoms with Crippen LogP contribution in [0.2, 0.25) is 0 Å². The summed E-state index contributed by atoms with van der Waals surface area (Å²) in [6, 6.07) is -0.580. The normalized spacial score (nSPS) is 22.4. The Bertz CT molecular complexity index is 603. The minimum atomic E-state index is -0.852. The van der Waals surface area contributed by atoms with Gasteiger partial charge in [0.2, 0.25) is 0 Å². The average Bonchev–Trinajstić information content (AvgIpc) is 3.09. The smallest absolute Gasteiger partial charge is 0.322 e. The van der Waals surface area contributed by atoms with Gasteiger partial charge >= 0.3 is 5.97 Å². The third-order valence-corrected chi connectivity index (χ3v) is 4.49. The number of carbonyl (C=O) groups is 2. The average molecular weight is 319 g/mol. The fraction of sp³-hybridized carbons (Fsp3) is 0.600. The molecule has 1 amide bonds. The van der Waals surface area contributed by atoms with E-state index in [4.69, 9.17) is 0 Å². The lowest BCUT2D eigenvalue weighted by Crippen LogP contribution is -2.55. The fourth-order valence-electron chi connectivity index (χ4n) is 3.04. The molecule has 2 fully saturated rings. The van der Waals surface area contributed by atoms with Crippen LogP contribution < -0.4 is 4.90 Å². The van der Waals surface area contributed by atoms with Crippen LogP contribution in [-0.4, -0.2) is 82.6 Å². The number of anilines is 1. The Balaban J connectivity index is 1.76. The minimum Gasteiger partial charge on any atom is -0.480 e. The fourth-order valence-corrected chi connectivity index (χ4v) is 3.04. The first kappa shape index (κ1) is 15.7. The second-order valence-corrected chi connectivity index (χ2v) is 6.04. The topological polar surface area (TPSA) is 89.9 Å². The molecule has 1 atom stereocenters. The maximum absolute atomic E-state index is 12.4. The molecule has 0 aromatic carbocycles. The van der Waals surface area contributed by atoms with E-state index >= 15 is 0 Å². The summed E-state index contributed by atoms with van der Waals surface area (Å²) in [4.78, 5) is 37.8. The van der Waals surface area contributed by atoms with Crippen molar-refractivity contribution >= 4 is 17.7 Å². The van der Waals surface area contributed by atoms with Crippen LogP contribution in [0.3, 0.4) is 0 Å². The van der Waals surface area contributed by atoms with Crippen molar-refractivity contribution < 1.29 is 14.7 Å². The van der Waals surface area contributed by atoms with Gasteiger partial charge in [-0.3, -0.25) is 19.5 Å². The number of likely N-dealkylation sites (tertiary alicyclic amines) is 1. The molecule has 2 saturated heterocycles. The quantitative estimate of drug-likeness (QED) is 0.833. The standard InChI is InChI=1S/C15H21N5O3/c1-18-6-7-20(10-12(18)15(22)23)13-9-16-8-11(17-13)14(21)19-4-2-3-5-19/h8-9,12H,2-7,10H2,1H3,(H,22,23). The van der Waals surface area contributed by atoms with Crippen LogP contribution in [0.25, 0.3) is 0 Å². The first-order valence-corrected chi connectivity index (χ1v) is 7.85. The third-order valence-electron chi connectivity index (χ3n) is 4.49. The molecule has 0 saturated carbocycles. The third kappa shape index (κ3) is 3.26. The van der Waals surface area contributed by atoms with Gasteiger partial charge in [0.1, 0.15) is 17.6 Å². The zero-order valence-corrected chi connectivity index (χ0v) is 13.2. The number of hydrogen-bond donors (Lipinski definition) is 1. The van der Waals surface area contributed by atoms with E-state index in [-0.39, 0.29) is 5.91 Å². The number of nitrogens with zero attached hydrogens (tertiary/aromatic N) is 5. The highest BCUT2D eigenvalue weighted by Crippen LogP contribution is 2.17. The van der Waals surface area contributed by atoms with E-state index in [0.29, 0.717) is 31.1 Å². The van der Waals surface area contributed by atoms with Crippen LogP contribution in [0.4, 0.5) is 5.82 Å². The maximum atomic E-state index is 12.4. The van der Waals surface area contributed by atoms with Gasteiger partial charge in [-0.2, -0.15) is 0 Å². The molecule has 1 aromatic heterocycles. The van der Waals surface area contributed by atoms with Crippen molar-refractivity contribution in [1.29, 1.82) is 0 Å². The molecular formula is C15H21N5O3. The number of carbonyl (C=O) groups excluding carboxylic acids is 1. The van der Waals surface area contributed by atoms with Gasteiger partial charge in [-0.15, -0.1) is 0 Å². The van der Waals surface area contributed by atoms with Crippen molar-refractivity contribution in [3.05, 3.63) is 18.1 Å². The largest absolute Gasteiger partial charge is 0.480 e. The summed E-state index contributed by atoms with van der Waals surface area (Å²) in [5.74, 6) is -0.385. The number of carboxylic acids is 1. The summed E-state index contributed by atoms with van der Waals surface area (Å²) < 4.78 is 0. The van der Waals surface area contributed by atoms with E-state index in [1.165, 1.54) is 6.20 Å². The zero-order chi connectivity index (χ0) is 16.4. The van der Waals surface area contributed by atoms with E-state index in [2.05, 4.69) is 9.97 Å². The van der Waals surface area contributed by atoms with Crippen molar-refractivity contribution in [3.63, 3.8) is 0 Å². The summed E-state index contributed by atoms with van der Waals surface area (Å²) in [5, 5.41) is 9.29. The molecule has 2 aliphatic heterocycles. The first-order chi connectivity index (χ1) is 11.1. The number of carboxylic acid groups (broad SMARTS) is 1. The van der Waals surface area contributed by atoms with Gasteiger partial charge in [0.15, 0.2) is 0 Å². The van der Waals surface area contributed by atoms with E-state index < -0.39 is 12.0 Å². The number of aliphatic carboxylic acids is 1. The monoisotopic (exact) mass is 319 g/mol. The summed E-state index contributed by atoms with van der Waals surface area (Å²) in [5.41, 5.74) is 0.329. The Morgan fingerprint density at radius 1 is 1.17 bits per heavy atom. The van der Waals surface area contributed by atoms with Crippen molar-refractivity contribution in [2.24, 2.45) is 0 Å². The van der Waals surface area contributed by atoms with Gasteiger partial charge in [-0.1, -0.05) is 0 Å². The molecule has 0 aliphatic carbocycles. The van der Waals surface area contributed by atoms with Crippen molar-refractivity contribution in [2.45, 2.75) is 18.9 Å². The Kier molecular flexibility index (Phi) is 4.42. The lowest BCUT2D eigenvalue weighted by molar-refractivity contribution is -0.142. The highest BCUT2D eigenvalue weighted by Gasteiger charge is 2.31. The lowest BCUT2D eigenvalue weighted by atomic mass is 10.2. The number of hydrogen-bond acceptors (Lipinski definition) is 6. The predicted molar refractivity (Wildman–Crippen MR) is 83.4 cm³/mol. The molecule has 3 heterocycles. The molecule has 0 spiro atoms. The van der Waals surface area contributed by atoms with E-state index in [1.54, 1.807) is 18.1 Å². The molecule has 124 valence electrons.